The molecule has 1 N–H and O–H groups in total. The summed E-state index contributed by atoms with van der Waals surface area (Å²) in [5, 5.41) is 3.08. The van der Waals surface area contributed by atoms with Crippen LogP contribution < -0.4 is 5.32 Å². The molecule has 2 rings (SSSR count). The number of nitrogens with one attached hydrogen (secondary N) is 1. The summed E-state index contributed by atoms with van der Waals surface area (Å²) in [5.74, 6) is 0.633. The summed E-state index contributed by atoms with van der Waals surface area (Å²) >= 11 is 0. The molecule has 2 aliphatic carbocycles. The standard InChI is InChI=1S/C10H15NO/c1-7-2-5-9(6-7)11-10(12)8-3-4-8/h2,8-9H,3-6H2,1H3,(H,11,12). The quantitative estimate of drug-likeness (QED) is 0.619. The first-order valence-corrected chi connectivity index (χ1v) is 4.71. The van der Waals surface area contributed by atoms with Crippen molar-refractivity contribution in [1.82, 2.24) is 5.32 Å². The summed E-state index contributed by atoms with van der Waals surface area (Å²) in [6.07, 6.45) is 6.51. The average molecular weight is 165 g/mol. The van der Waals surface area contributed by atoms with E-state index in [2.05, 4.69) is 18.3 Å². The predicted octanol–water partition coefficient (Wildman–Crippen LogP) is 1.62. The van der Waals surface area contributed by atoms with Crippen molar-refractivity contribution >= 4 is 5.91 Å². The third-order valence-electron chi connectivity index (χ3n) is 2.61. The van der Waals surface area contributed by atoms with Crippen molar-refractivity contribution in [2.24, 2.45) is 5.92 Å². The van der Waals surface area contributed by atoms with Crippen LogP contribution in [0.5, 0.6) is 0 Å². The van der Waals surface area contributed by atoms with E-state index in [-0.39, 0.29) is 5.91 Å². The highest BCUT2D eigenvalue weighted by atomic mass is 16.2. The zero-order chi connectivity index (χ0) is 8.55. The smallest absolute Gasteiger partial charge is 0.223 e. The van der Waals surface area contributed by atoms with Crippen LogP contribution >= 0.6 is 0 Å². The lowest BCUT2D eigenvalue weighted by Crippen LogP contribution is -2.34. The van der Waals surface area contributed by atoms with E-state index in [0.717, 1.165) is 25.7 Å². The second-order valence-corrected chi connectivity index (χ2v) is 3.97. The van der Waals surface area contributed by atoms with Gasteiger partial charge in [0.25, 0.3) is 0 Å². The van der Waals surface area contributed by atoms with Gasteiger partial charge in [0.05, 0.1) is 0 Å². The third kappa shape index (κ3) is 1.68. The van der Waals surface area contributed by atoms with E-state index in [1.54, 1.807) is 0 Å². The van der Waals surface area contributed by atoms with Crippen molar-refractivity contribution in [3.05, 3.63) is 11.6 Å². The summed E-state index contributed by atoms with van der Waals surface area (Å²) in [6.45, 7) is 2.13. The maximum Gasteiger partial charge on any atom is 0.223 e. The highest BCUT2D eigenvalue weighted by Crippen LogP contribution is 2.29. The van der Waals surface area contributed by atoms with E-state index in [9.17, 15) is 4.79 Å². The van der Waals surface area contributed by atoms with Gasteiger partial charge in [0.2, 0.25) is 5.91 Å². The molecule has 2 aliphatic rings. The zero-order valence-electron chi connectivity index (χ0n) is 7.47. The number of carbonyl (C=O) groups is 1. The second-order valence-electron chi connectivity index (χ2n) is 3.97. The molecule has 12 heavy (non-hydrogen) atoms. The highest BCUT2D eigenvalue weighted by Gasteiger charge is 2.31. The molecule has 1 saturated carbocycles. The largest absolute Gasteiger partial charge is 0.352 e. The molecule has 1 amide bonds. The molecule has 0 aromatic carbocycles. The van der Waals surface area contributed by atoms with Crippen LogP contribution in [0.15, 0.2) is 11.6 Å². The third-order valence-corrected chi connectivity index (χ3v) is 2.61. The minimum atomic E-state index is 0.281. The average Bonchev–Trinajstić information content (AvgIpc) is 2.78. The van der Waals surface area contributed by atoms with Gasteiger partial charge in [-0.25, -0.2) is 0 Å². The van der Waals surface area contributed by atoms with Crippen molar-refractivity contribution in [3.63, 3.8) is 0 Å². The van der Waals surface area contributed by atoms with Crippen molar-refractivity contribution in [1.29, 1.82) is 0 Å². The fraction of sp³-hybridized carbons (Fsp3) is 0.700. The summed E-state index contributed by atoms with van der Waals surface area (Å²) < 4.78 is 0. The van der Waals surface area contributed by atoms with Crippen LogP contribution in [0, 0.1) is 5.92 Å². The van der Waals surface area contributed by atoms with Gasteiger partial charge in [-0.2, -0.15) is 0 Å². The fourth-order valence-electron chi connectivity index (χ4n) is 1.67. The SMILES string of the molecule is CC1=CCC(NC(=O)C2CC2)C1. The van der Waals surface area contributed by atoms with Crippen LogP contribution in [-0.2, 0) is 4.79 Å². The molecule has 0 spiro atoms. The van der Waals surface area contributed by atoms with Crippen LogP contribution in [0.3, 0.4) is 0 Å². The molecule has 0 bridgehead atoms. The van der Waals surface area contributed by atoms with E-state index in [0.29, 0.717) is 12.0 Å². The molecular weight excluding hydrogens is 150 g/mol. The minimum Gasteiger partial charge on any atom is -0.352 e. The Kier molecular flexibility index (Phi) is 1.91. The topological polar surface area (TPSA) is 29.1 Å². The van der Waals surface area contributed by atoms with E-state index >= 15 is 0 Å². The summed E-state index contributed by atoms with van der Waals surface area (Å²) in [5.41, 5.74) is 1.41. The van der Waals surface area contributed by atoms with E-state index in [1.165, 1.54) is 5.57 Å². The Hall–Kier alpha value is -0.790. The summed E-state index contributed by atoms with van der Waals surface area (Å²) in [6, 6.07) is 0.401. The minimum absolute atomic E-state index is 0.281. The van der Waals surface area contributed by atoms with Gasteiger partial charge in [-0.15, -0.1) is 0 Å². The van der Waals surface area contributed by atoms with Gasteiger partial charge >= 0.3 is 0 Å². The highest BCUT2D eigenvalue weighted by molar-refractivity contribution is 5.81. The molecule has 0 saturated heterocycles. The Morgan fingerprint density at radius 3 is 2.83 bits per heavy atom. The first kappa shape index (κ1) is 7.84. The molecule has 1 atom stereocenters. The first-order valence-electron chi connectivity index (χ1n) is 4.71. The van der Waals surface area contributed by atoms with Gasteiger partial charge in [0.15, 0.2) is 0 Å². The van der Waals surface area contributed by atoms with E-state index in [4.69, 9.17) is 0 Å². The molecule has 0 aromatic heterocycles. The summed E-state index contributed by atoms with van der Waals surface area (Å²) in [7, 11) is 0. The van der Waals surface area contributed by atoms with Gasteiger partial charge in [0.1, 0.15) is 0 Å². The lowest BCUT2D eigenvalue weighted by Gasteiger charge is -2.11. The van der Waals surface area contributed by atoms with Crippen LogP contribution in [-0.4, -0.2) is 11.9 Å². The Balaban J connectivity index is 1.77. The number of hydrogen-bond donors (Lipinski definition) is 1. The Labute approximate surface area is 73.0 Å². The van der Waals surface area contributed by atoms with Crippen molar-refractivity contribution in [2.45, 2.75) is 38.6 Å². The molecule has 2 heteroatoms. The van der Waals surface area contributed by atoms with Crippen molar-refractivity contribution < 1.29 is 4.79 Å². The molecule has 0 aliphatic heterocycles. The Bertz CT molecular complexity index is 228. The predicted molar refractivity (Wildman–Crippen MR) is 47.6 cm³/mol. The lowest BCUT2D eigenvalue weighted by atomic mass is 10.2. The zero-order valence-corrected chi connectivity index (χ0v) is 7.47. The maximum absolute atomic E-state index is 11.3. The molecule has 66 valence electrons. The molecule has 0 heterocycles. The van der Waals surface area contributed by atoms with Crippen LogP contribution in [0.2, 0.25) is 0 Å². The number of rotatable bonds is 2. The summed E-state index contributed by atoms with van der Waals surface area (Å²) in [4.78, 5) is 11.3. The fourth-order valence-corrected chi connectivity index (χ4v) is 1.67. The lowest BCUT2D eigenvalue weighted by molar-refractivity contribution is -0.122. The first-order chi connectivity index (χ1) is 5.75. The molecule has 2 nitrogen and oxygen atoms in total. The van der Waals surface area contributed by atoms with Crippen LogP contribution in [0.1, 0.15) is 32.6 Å². The molecule has 1 fully saturated rings. The van der Waals surface area contributed by atoms with Gasteiger partial charge in [-0.05, 0) is 32.6 Å². The molecule has 0 radical (unpaired) electrons. The van der Waals surface area contributed by atoms with Crippen molar-refractivity contribution in [3.8, 4) is 0 Å². The van der Waals surface area contributed by atoms with E-state index < -0.39 is 0 Å². The van der Waals surface area contributed by atoms with Crippen LogP contribution in [0.25, 0.3) is 0 Å². The van der Waals surface area contributed by atoms with E-state index in [1.807, 2.05) is 0 Å². The van der Waals surface area contributed by atoms with Gasteiger partial charge in [0, 0.05) is 12.0 Å². The normalized spacial score (nSPS) is 28.4. The van der Waals surface area contributed by atoms with Gasteiger partial charge in [-0.1, -0.05) is 11.6 Å². The van der Waals surface area contributed by atoms with Gasteiger partial charge < -0.3 is 5.32 Å². The van der Waals surface area contributed by atoms with Crippen molar-refractivity contribution in [2.75, 3.05) is 0 Å². The molecule has 0 aromatic rings. The van der Waals surface area contributed by atoms with Gasteiger partial charge in [-0.3, -0.25) is 4.79 Å². The Morgan fingerprint density at radius 1 is 1.58 bits per heavy atom. The number of amides is 1. The molecular formula is C10H15NO. The maximum atomic E-state index is 11.3. The Morgan fingerprint density at radius 2 is 2.33 bits per heavy atom. The monoisotopic (exact) mass is 165 g/mol. The number of carbonyl (C=O) groups excluding carboxylic acids is 1. The second kappa shape index (κ2) is 2.92. The molecule has 1 unspecified atom stereocenters. The number of hydrogen-bond acceptors (Lipinski definition) is 1. The van der Waals surface area contributed by atoms with Crippen LogP contribution in [0.4, 0.5) is 0 Å².